The number of nitrogens with one attached hydrogen (secondary N) is 1. The molecule has 2 amide bonds. The van der Waals surface area contributed by atoms with Gasteiger partial charge in [0.2, 0.25) is 0 Å². The fraction of sp³-hybridized carbons (Fsp3) is 0.400. The Morgan fingerprint density at radius 1 is 1.38 bits per heavy atom. The van der Waals surface area contributed by atoms with Gasteiger partial charge in [0.05, 0.1) is 24.0 Å². The van der Waals surface area contributed by atoms with Gasteiger partial charge < -0.3 is 0 Å². The Labute approximate surface area is 183 Å². The minimum absolute atomic E-state index is 0.0155. The number of hydrogen-bond acceptors (Lipinski definition) is 8. The lowest BCUT2D eigenvalue weighted by Gasteiger charge is -2.42. The van der Waals surface area contributed by atoms with Crippen molar-refractivity contribution in [3.63, 3.8) is 0 Å². The maximum atomic E-state index is 12.7. The standard InChI is InChI=1S/C20H23N9O3/c21-27-23-11-16-20(31)24-15-8-9-17(25-18(15)28(16)13-5-1-2-6-13)29(22)14-7-3-4-12(10-14)19(30)26-32/h3-4,7-10,13,16,18,32H,1-2,5-6,11,22H2,(H,26,30)/t16-,18?/m1/s1. The van der Waals surface area contributed by atoms with Crippen molar-refractivity contribution in [2.75, 3.05) is 11.6 Å². The quantitative estimate of drug-likeness (QED) is 0.158. The summed E-state index contributed by atoms with van der Waals surface area (Å²) < 4.78 is 0. The van der Waals surface area contributed by atoms with Crippen LogP contribution in [0.2, 0.25) is 0 Å². The van der Waals surface area contributed by atoms with Crippen LogP contribution in [0.25, 0.3) is 10.4 Å². The van der Waals surface area contributed by atoms with E-state index in [2.05, 4.69) is 15.0 Å². The van der Waals surface area contributed by atoms with E-state index in [1.165, 1.54) is 11.1 Å². The summed E-state index contributed by atoms with van der Waals surface area (Å²) in [6, 6.07) is 5.85. The first-order valence-electron chi connectivity index (χ1n) is 10.3. The first-order chi connectivity index (χ1) is 15.5. The second-order valence-electron chi connectivity index (χ2n) is 7.75. The van der Waals surface area contributed by atoms with Crippen LogP contribution in [-0.4, -0.2) is 58.3 Å². The molecule has 0 bridgehead atoms. The third-order valence-electron chi connectivity index (χ3n) is 5.89. The molecule has 0 spiro atoms. The minimum Gasteiger partial charge on any atom is -0.288 e. The van der Waals surface area contributed by atoms with Gasteiger partial charge in [-0.3, -0.25) is 24.7 Å². The van der Waals surface area contributed by atoms with Gasteiger partial charge in [-0.05, 0) is 48.7 Å². The Hall–Kier alpha value is -3.57. The van der Waals surface area contributed by atoms with Gasteiger partial charge in [0.15, 0.2) is 0 Å². The lowest BCUT2D eigenvalue weighted by Crippen LogP contribution is -2.59. The van der Waals surface area contributed by atoms with Crippen molar-refractivity contribution in [2.45, 2.75) is 43.9 Å². The van der Waals surface area contributed by atoms with Crippen LogP contribution in [0.4, 0.5) is 5.69 Å². The van der Waals surface area contributed by atoms with Gasteiger partial charge in [-0.2, -0.15) is 0 Å². The number of aliphatic imine (C=N–C) groups is 2. The molecule has 32 heavy (non-hydrogen) atoms. The van der Waals surface area contributed by atoms with Gasteiger partial charge in [-0.25, -0.2) is 21.3 Å². The molecule has 1 aromatic rings. The molecule has 2 atom stereocenters. The van der Waals surface area contributed by atoms with Gasteiger partial charge in [0.1, 0.15) is 12.0 Å². The number of azide groups is 1. The number of fused-ring (bicyclic) bond motifs is 1. The number of rotatable bonds is 5. The van der Waals surface area contributed by atoms with Crippen LogP contribution >= 0.6 is 0 Å². The van der Waals surface area contributed by atoms with Gasteiger partial charge >= 0.3 is 0 Å². The number of amidine groups is 1. The molecule has 0 aromatic heterocycles. The highest BCUT2D eigenvalue weighted by Crippen LogP contribution is 2.32. The monoisotopic (exact) mass is 437 g/mol. The highest BCUT2D eigenvalue weighted by molar-refractivity contribution is 6.17. The summed E-state index contributed by atoms with van der Waals surface area (Å²) in [7, 11) is 0. The first kappa shape index (κ1) is 21.7. The van der Waals surface area contributed by atoms with Crippen LogP contribution in [0.1, 0.15) is 36.0 Å². The van der Waals surface area contributed by atoms with Crippen LogP contribution in [0.15, 0.2) is 51.5 Å². The van der Waals surface area contributed by atoms with E-state index in [4.69, 9.17) is 21.6 Å². The number of amides is 2. The number of anilines is 1. The zero-order valence-corrected chi connectivity index (χ0v) is 17.2. The van der Waals surface area contributed by atoms with Gasteiger partial charge in [0, 0.05) is 16.5 Å². The predicted molar refractivity (Wildman–Crippen MR) is 117 cm³/mol. The number of nitrogens with two attached hydrogens (primary N) is 1. The smallest absolute Gasteiger partial charge is 0.274 e. The normalized spacial score (nSPS) is 23.1. The van der Waals surface area contributed by atoms with Gasteiger partial charge in [0.25, 0.3) is 11.8 Å². The van der Waals surface area contributed by atoms with Crippen molar-refractivity contribution in [2.24, 2.45) is 20.9 Å². The van der Waals surface area contributed by atoms with E-state index in [1.807, 2.05) is 4.90 Å². The second kappa shape index (κ2) is 9.28. The van der Waals surface area contributed by atoms with Crippen molar-refractivity contribution in [1.82, 2.24) is 10.4 Å². The van der Waals surface area contributed by atoms with Crippen molar-refractivity contribution in [3.05, 3.63) is 52.4 Å². The van der Waals surface area contributed by atoms with E-state index in [0.717, 1.165) is 25.7 Å². The zero-order valence-electron chi connectivity index (χ0n) is 17.2. The third kappa shape index (κ3) is 4.12. The molecular formula is C20H23N9O3. The van der Waals surface area contributed by atoms with Crippen molar-refractivity contribution >= 4 is 29.0 Å². The largest absolute Gasteiger partial charge is 0.288 e. The second-order valence-corrected chi connectivity index (χ2v) is 7.75. The Kier molecular flexibility index (Phi) is 6.28. The summed E-state index contributed by atoms with van der Waals surface area (Å²) >= 11 is 0. The molecular weight excluding hydrogens is 414 g/mol. The topological polar surface area (TPSA) is 172 Å². The van der Waals surface area contributed by atoms with Crippen molar-refractivity contribution in [1.29, 1.82) is 0 Å². The molecule has 0 radical (unpaired) electrons. The lowest BCUT2D eigenvalue weighted by molar-refractivity contribution is -0.125. The highest BCUT2D eigenvalue weighted by Gasteiger charge is 2.43. The van der Waals surface area contributed by atoms with Gasteiger partial charge in [-0.1, -0.05) is 24.0 Å². The molecule has 166 valence electrons. The summed E-state index contributed by atoms with van der Waals surface area (Å²) in [5.41, 5.74) is 11.6. The van der Waals surface area contributed by atoms with Crippen LogP contribution in [0.3, 0.4) is 0 Å². The van der Waals surface area contributed by atoms with Crippen LogP contribution in [-0.2, 0) is 4.79 Å². The van der Waals surface area contributed by atoms with Crippen LogP contribution < -0.4 is 16.3 Å². The number of hydrazine groups is 1. The van der Waals surface area contributed by atoms with E-state index in [-0.39, 0.29) is 24.1 Å². The molecule has 1 fully saturated rings. The van der Waals surface area contributed by atoms with Crippen molar-refractivity contribution < 1.29 is 14.8 Å². The van der Waals surface area contributed by atoms with Crippen molar-refractivity contribution in [3.8, 4) is 0 Å². The molecule has 4 N–H and O–H groups in total. The lowest BCUT2D eigenvalue weighted by atomic mass is 10.0. The minimum atomic E-state index is -0.679. The molecule has 1 unspecified atom stereocenters. The van der Waals surface area contributed by atoms with Crippen LogP contribution in [0, 0.1) is 0 Å². The fourth-order valence-electron chi connectivity index (χ4n) is 4.37. The average molecular weight is 437 g/mol. The van der Waals surface area contributed by atoms with E-state index in [9.17, 15) is 9.59 Å². The van der Waals surface area contributed by atoms with E-state index in [1.54, 1.807) is 35.8 Å². The number of carbonyl (C=O) groups is 2. The number of benzene rings is 1. The Morgan fingerprint density at radius 3 is 2.88 bits per heavy atom. The SMILES string of the molecule is [N-]=[N+]=NC[C@@H]1C(=O)N=C2C=CC(N(N)c3cccc(C(=O)NO)c3)=NC2N1C1CCCC1. The molecule has 4 rings (SSSR count). The molecule has 0 saturated heterocycles. The van der Waals surface area contributed by atoms with E-state index >= 15 is 0 Å². The molecule has 1 saturated carbocycles. The van der Waals surface area contributed by atoms with Crippen LogP contribution in [0.5, 0.6) is 0 Å². The summed E-state index contributed by atoms with van der Waals surface area (Å²) in [5, 5.41) is 13.8. The molecule has 12 heteroatoms. The van der Waals surface area contributed by atoms with Gasteiger partial charge in [-0.15, -0.1) is 0 Å². The number of dihydropyridines is 1. The summed E-state index contributed by atoms with van der Waals surface area (Å²) in [5.74, 6) is 5.72. The molecule has 1 aliphatic carbocycles. The Bertz CT molecular complexity index is 1050. The highest BCUT2D eigenvalue weighted by atomic mass is 16.5. The zero-order chi connectivity index (χ0) is 22.7. The molecule has 3 aliphatic rings. The predicted octanol–water partition coefficient (Wildman–Crippen LogP) is 1.68. The van der Waals surface area contributed by atoms with E-state index < -0.39 is 18.1 Å². The molecule has 2 heterocycles. The summed E-state index contributed by atoms with van der Waals surface area (Å²) in [6.07, 6.45) is 6.77. The maximum absolute atomic E-state index is 12.7. The average Bonchev–Trinajstić information content (AvgIpc) is 3.35. The Morgan fingerprint density at radius 2 is 2.16 bits per heavy atom. The number of nitrogens with zero attached hydrogens (tertiary/aromatic N) is 7. The maximum Gasteiger partial charge on any atom is 0.274 e. The third-order valence-corrected chi connectivity index (χ3v) is 5.89. The molecule has 2 aliphatic heterocycles. The van der Waals surface area contributed by atoms with E-state index in [0.29, 0.717) is 17.2 Å². The summed E-state index contributed by atoms with van der Waals surface area (Å²) in [4.78, 5) is 38.2. The summed E-state index contributed by atoms with van der Waals surface area (Å²) in [6.45, 7) is -0.0155. The molecule has 1 aromatic carbocycles. The number of carbonyl (C=O) groups excluding carboxylic acids is 2. The Balaban J connectivity index is 1.68. The number of hydrogen-bond donors (Lipinski definition) is 3. The fourth-order valence-corrected chi connectivity index (χ4v) is 4.37. The molecule has 12 nitrogen and oxygen atoms in total. The first-order valence-corrected chi connectivity index (χ1v) is 10.3. The number of hydroxylamine groups is 1.